The zero-order valence-corrected chi connectivity index (χ0v) is 10.2. The Morgan fingerprint density at radius 1 is 1.21 bits per heavy atom. The molecule has 78 valence electrons. The third-order valence-corrected chi connectivity index (χ3v) is 3.38. The van der Waals surface area contributed by atoms with Gasteiger partial charge in [0.1, 0.15) is 0 Å². The fourth-order valence-electron chi connectivity index (χ4n) is 1.44. The second-order valence-electron chi connectivity index (χ2n) is 4.38. The smallest absolute Gasteiger partial charge is 0.00539 e. The van der Waals surface area contributed by atoms with Gasteiger partial charge in [0, 0.05) is 9.75 Å². The van der Waals surface area contributed by atoms with Crippen molar-refractivity contribution in [2.75, 3.05) is 0 Å². The summed E-state index contributed by atoms with van der Waals surface area (Å²) < 4.78 is 0. The van der Waals surface area contributed by atoms with Crippen LogP contribution in [0.2, 0.25) is 0 Å². The van der Waals surface area contributed by atoms with Gasteiger partial charge in [-0.1, -0.05) is 26.8 Å². The molecule has 0 nitrogen and oxygen atoms in total. The minimum Gasteiger partial charge on any atom is -0.145 e. The van der Waals surface area contributed by atoms with Crippen LogP contribution in [0.25, 0.3) is 0 Å². The fourth-order valence-corrected chi connectivity index (χ4v) is 2.82. The second-order valence-corrected chi connectivity index (χ2v) is 5.64. The summed E-state index contributed by atoms with van der Waals surface area (Å²) in [4.78, 5) is 3.01. The van der Waals surface area contributed by atoms with E-state index in [1.165, 1.54) is 16.2 Å². The summed E-state index contributed by atoms with van der Waals surface area (Å²) in [5, 5.41) is 0. The van der Waals surface area contributed by atoms with Crippen LogP contribution in [0.15, 0.2) is 24.8 Å². The molecular formula is C13H20S. The largest absolute Gasteiger partial charge is 0.145 e. The van der Waals surface area contributed by atoms with E-state index in [2.05, 4.69) is 39.5 Å². The van der Waals surface area contributed by atoms with Gasteiger partial charge in [0.15, 0.2) is 0 Å². The summed E-state index contributed by atoms with van der Waals surface area (Å²) in [5.74, 6) is 1.36. The molecule has 0 saturated carbocycles. The van der Waals surface area contributed by atoms with E-state index in [9.17, 15) is 0 Å². The standard InChI is InChI=1S/C13H20S/c1-5-11(4)9-13-7-6-12(14-13)8-10(2)3/h5-7,10-11H,1,8-9H2,2-4H3. The van der Waals surface area contributed by atoms with Crippen LogP contribution in [0.4, 0.5) is 0 Å². The van der Waals surface area contributed by atoms with Crippen LogP contribution in [-0.2, 0) is 12.8 Å². The van der Waals surface area contributed by atoms with Crippen molar-refractivity contribution in [2.24, 2.45) is 11.8 Å². The first-order chi connectivity index (χ1) is 6.61. The quantitative estimate of drug-likeness (QED) is 0.632. The zero-order chi connectivity index (χ0) is 10.6. The number of thiophene rings is 1. The third kappa shape index (κ3) is 3.67. The maximum absolute atomic E-state index is 3.82. The van der Waals surface area contributed by atoms with Crippen molar-refractivity contribution < 1.29 is 0 Å². The van der Waals surface area contributed by atoms with E-state index in [4.69, 9.17) is 0 Å². The predicted octanol–water partition coefficient (Wildman–Crippen LogP) is 4.31. The molecule has 0 saturated heterocycles. The number of rotatable bonds is 5. The molecule has 0 amide bonds. The summed E-state index contributed by atoms with van der Waals surface area (Å²) in [6.07, 6.45) is 4.39. The highest BCUT2D eigenvalue weighted by molar-refractivity contribution is 7.11. The normalized spacial score (nSPS) is 13.1. The van der Waals surface area contributed by atoms with Crippen LogP contribution < -0.4 is 0 Å². The molecule has 0 N–H and O–H groups in total. The molecule has 1 rings (SSSR count). The molecule has 1 unspecified atom stereocenters. The van der Waals surface area contributed by atoms with Crippen molar-refractivity contribution >= 4 is 11.3 Å². The minimum atomic E-state index is 0.598. The van der Waals surface area contributed by atoms with Gasteiger partial charge in [-0.3, -0.25) is 0 Å². The van der Waals surface area contributed by atoms with Gasteiger partial charge in [0.25, 0.3) is 0 Å². The Kier molecular flexibility index (Phi) is 4.40. The minimum absolute atomic E-state index is 0.598. The molecule has 1 heteroatoms. The maximum atomic E-state index is 3.82. The second kappa shape index (κ2) is 5.35. The average Bonchev–Trinajstić information content (AvgIpc) is 2.51. The van der Waals surface area contributed by atoms with Gasteiger partial charge in [0.2, 0.25) is 0 Å². The summed E-state index contributed by atoms with van der Waals surface area (Å²) in [6.45, 7) is 10.6. The van der Waals surface area contributed by atoms with Gasteiger partial charge in [-0.05, 0) is 36.8 Å². The Balaban J connectivity index is 2.54. The monoisotopic (exact) mass is 208 g/mol. The van der Waals surface area contributed by atoms with Crippen molar-refractivity contribution in [3.63, 3.8) is 0 Å². The van der Waals surface area contributed by atoms with Gasteiger partial charge in [0.05, 0.1) is 0 Å². The van der Waals surface area contributed by atoms with Gasteiger partial charge in [-0.15, -0.1) is 17.9 Å². The van der Waals surface area contributed by atoms with E-state index < -0.39 is 0 Å². The van der Waals surface area contributed by atoms with Crippen molar-refractivity contribution in [3.05, 3.63) is 34.5 Å². The van der Waals surface area contributed by atoms with E-state index in [-0.39, 0.29) is 0 Å². The van der Waals surface area contributed by atoms with E-state index >= 15 is 0 Å². The Morgan fingerprint density at radius 2 is 1.79 bits per heavy atom. The lowest BCUT2D eigenvalue weighted by Gasteiger charge is -2.02. The molecule has 0 aliphatic heterocycles. The van der Waals surface area contributed by atoms with Crippen LogP contribution in [0.1, 0.15) is 30.5 Å². The van der Waals surface area contributed by atoms with E-state index in [1.807, 2.05) is 17.4 Å². The van der Waals surface area contributed by atoms with Crippen molar-refractivity contribution in [3.8, 4) is 0 Å². The van der Waals surface area contributed by atoms with Crippen LogP contribution in [0.3, 0.4) is 0 Å². The van der Waals surface area contributed by atoms with Crippen molar-refractivity contribution in [1.29, 1.82) is 0 Å². The Hall–Kier alpha value is -0.560. The first-order valence-corrected chi connectivity index (χ1v) is 6.13. The van der Waals surface area contributed by atoms with Gasteiger partial charge in [-0.2, -0.15) is 0 Å². The number of hydrogen-bond acceptors (Lipinski definition) is 1. The predicted molar refractivity (Wildman–Crippen MR) is 65.9 cm³/mol. The molecule has 0 aromatic carbocycles. The molecule has 0 spiro atoms. The van der Waals surface area contributed by atoms with Crippen molar-refractivity contribution in [1.82, 2.24) is 0 Å². The highest BCUT2D eigenvalue weighted by Gasteiger charge is 2.04. The zero-order valence-electron chi connectivity index (χ0n) is 9.42. The first kappa shape index (κ1) is 11.5. The Bertz CT molecular complexity index is 283. The summed E-state index contributed by atoms with van der Waals surface area (Å²) in [5.41, 5.74) is 0. The Morgan fingerprint density at radius 3 is 2.29 bits per heavy atom. The van der Waals surface area contributed by atoms with Crippen LogP contribution in [0, 0.1) is 11.8 Å². The molecule has 1 aromatic heterocycles. The highest BCUT2D eigenvalue weighted by atomic mass is 32.1. The molecule has 0 radical (unpaired) electrons. The van der Waals surface area contributed by atoms with Gasteiger partial charge < -0.3 is 0 Å². The van der Waals surface area contributed by atoms with Crippen LogP contribution in [-0.4, -0.2) is 0 Å². The topological polar surface area (TPSA) is 0 Å². The van der Waals surface area contributed by atoms with Gasteiger partial charge in [-0.25, -0.2) is 0 Å². The SMILES string of the molecule is C=CC(C)Cc1ccc(CC(C)C)s1. The first-order valence-electron chi connectivity index (χ1n) is 5.32. The van der Waals surface area contributed by atoms with E-state index in [0.717, 1.165) is 12.3 Å². The lowest BCUT2D eigenvalue weighted by atomic mass is 10.1. The summed E-state index contributed by atoms with van der Waals surface area (Å²) in [6, 6.07) is 4.54. The molecule has 1 heterocycles. The lowest BCUT2D eigenvalue weighted by molar-refractivity contribution is 0.654. The van der Waals surface area contributed by atoms with Crippen LogP contribution in [0.5, 0.6) is 0 Å². The molecule has 0 aliphatic carbocycles. The Labute approximate surface area is 91.7 Å². The molecular weight excluding hydrogens is 188 g/mol. The average molecular weight is 208 g/mol. The molecule has 0 aliphatic rings. The summed E-state index contributed by atoms with van der Waals surface area (Å²) in [7, 11) is 0. The molecule has 14 heavy (non-hydrogen) atoms. The van der Waals surface area contributed by atoms with E-state index in [1.54, 1.807) is 0 Å². The summed E-state index contributed by atoms with van der Waals surface area (Å²) >= 11 is 1.96. The molecule has 1 aromatic rings. The number of allylic oxidation sites excluding steroid dienone is 1. The molecule has 0 fully saturated rings. The van der Waals surface area contributed by atoms with E-state index in [0.29, 0.717) is 5.92 Å². The molecule has 0 bridgehead atoms. The maximum Gasteiger partial charge on any atom is 0.00539 e. The lowest BCUT2D eigenvalue weighted by Crippen LogP contribution is -1.92. The fraction of sp³-hybridized carbons (Fsp3) is 0.538. The molecule has 1 atom stereocenters. The van der Waals surface area contributed by atoms with Gasteiger partial charge >= 0.3 is 0 Å². The van der Waals surface area contributed by atoms with Crippen LogP contribution >= 0.6 is 11.3 Å². The third-order valence-electron chi connectivity index (χ3n) is 2.25. The highest BCUT2D eigenvalue weighted by Crippen LogP contribution is 2.22. The van der Waals surface area contributed by atoms with Crippen molar-refractivity contribution in [2.45, 2.75) is 33.6 Å². The number of hydrogen-bond donors (Lipinski definition) is 0.